The summed E-state index contributed by atoms with van der Waals surface area (Å²) < 4.78 is 25.4. The van der Waals surface area contributed by atoms with Gasteiger partial charge in [0.25, 0.3) is 0 Å². The van der Waals surface area contributed by atoms with E-state index in [1.165, 1.54) is 31.9 Å². The van der Waals surface area contributed by atoms with E-state index >= 15 is 0 Å². The van der Waals surface area contributed by atoms with Gasteiger partial charge in [-0.3, -0.25) is 0 Å². The van der Waals surface area contributed by atoms with E-state index in [1.54, 1.807) is 35.0 Å². The Balaban J connectivity index is 0.000000269. The molecule has 1 aliphatic carbocycles. The molecule has 162 valence electrons. The minimum atomic E-state index is -3.19. The highest BCUT2D eigenvalue weighted by atomic mass is 79.9. The maximum Gasteiger partial charge on any atom is 0.175 e. The lowest BCUT2D eigenvalue weighted by molar-refractivity contribution is 0.348. The predicted octanol–water partition coefficient (Wildman–Crippen LogP) is 4.47. The number of aryl methyl sites for hydroxylation is 1. The molecule has 2 aromatic heterocycles. The zero-order valence-electron chi connectivity index (χ0n) is 17.5. The van der Waals surface area contributed by atoms with Gasteiger partial charge in [-0.1, -0.05) is 6.92 Å². The van der Waals surface area contributed by atoms with E-state index in [1.807, 2.05) is 13.0 Å². The minimum Gasteiger partial charge on any atom is -0.340 e. The summed E-state index contributed by atoms with van der Waals surface area (Å²) in [6, 6.07) is 8.97. The SMILES string of the molecule is CC1CCC(N)CC1.Cc1cc(Nc2ccc(S(C)(=O)=O)cc2)n2ncc(Br)c2n1. The summed E-state index contributed by atoms with van der Waals surface area (Å²) in [7, 11) is -3.19. The summed E-state index contributed by atoms with van der Waals surface area (Å²) >= 11 is 3.41. The van der Waals surface area contributed by atoms with Crippen LogP contribution in [0, 0.1) is 12.8 Å². The molecule has 1 aromatic carbocycles. The van der Waals surface area contributed by atoms with Crippen LogP contribution in [0.4, 0.5) is 11.5 Å². The highest BCUT2D eigenvalue weighted by molar-refractivity contribution is 9.10. The molecule has 30 heavy (non-hydrogen) atoms. The van der Waals surface area contributed by atoms with Crippen LogP contribution in [0.15, 0.2) is 45.9 Å². The highest BCUT2D eigenvalue weighted by Gasteiger charge is 2.13. The van der Waals surface area contributed by atoms with Crippen molar-refractivity contribution in [3.05, 3.63) is 46.7 Å². The van der Waals surface area contributed by atoms with Crippen LogP contribution in [-0.2, 0) is 9.84 Å². The van der Waals surface area contributed by atoms with Crippen molar-refractivity contribution < 1.29 is 8.42 Å². The van der Waals surface area contributed by atoms with E-state index < -0.39 is 9.84 Å². The summed E-state index contributed by atoms with van der Waals surface area (Å²) in [5, 5.41) is 7.49. The van der Waals surface area contributed by atoms with Crippen molar-refractivity contribution in [2.24, 2.45) is 11.7 Å². The number of nitrogens with one attached hydrogen (secondary N) is 1. The highest BCUT2D eigenvalue weighted by Crippen LogP contribution is 2.24. The molecule has 4 rings (SSSR count). The maximum atomic E-state index is 11.5. The molecule has 1 aliphatic rings. The van der Waals surface area contributed by atoms with Gasteiger partial charge in [0.1, 0.15) is 5.82 Å². The first-order valence-electron chi connectivity index (χ1n) is 9.97. The van der Waals surface area contributed by atoms with E-state index in [0.717, 1.165) is 33.2 Å². The molecule has 9 heteroatoms. The number of anilines is 2. The lowest BCUT2D eigenvalue weighted by atomic mass is 9.88. The van der Waals surface area contributed by atoms with Gasteiger partial charge in [0.15, 0.2) is 15.5 Å². The molecular formula is C21H28BrN5O2S. The van der Waals surface area contributed by atoms with Crippen molar-refractivity contribution in [1.82, 2.24) is 14.6 Å². The lowest BCUT2D eigenvalue weighted by Gasteiger charge is -2.22. The van der Waals surface area contributed by atoms with Gasteiger partial charge in [0.2, 0.25) is 0 Å². The summed E-state index contributed by atoms with van der Waals surface area (Å²) in [6.45, 7) is 4.21. The lowest BCUT2D eigenvalue weighted by Crippen LogP contribution is -2.25. The first-order chi connectivity index (χ1) is 14.1. The Hall–Kier alpha value is -1.97. The van der Waals surface area contributed by atoms with Gasteiger partial charge in [-0.2, -0.15) is 9.61 Å². The van der Waals surface area contributed by atoms with E-state index in [-0.39, 0.29) is 4.90 Å². The topological polar surface area (TPSA) is 102 Å². The molecule has 2 heterocycles. The molecule has 0 amide bonds. The zero-order chi connectivity index (χ0) is 21.9. The fourth-order valence-corrected chi connectivity index (χ4v) is 4.34. The quantitative estimate of drug-likeness (QED) is 0.557. The van der Waals surface area contributed by atoms with Gasteiger partial charge in [-0.15, -0.1) is 0 Å². The van der Waals surface area contributed by atoms with Crippen molar-refractivity contribution in [1.29, 1.82) is 0 Å². The third-order valence-corrected chi connectivity index (χ3v) is 6.86. The molecular weight excluding hydrogens is 466 g/mol. The number of nitrogens with zero attached hydrogens (tertiary/aromatic N) is 3. The normalized spacial score (nSPS) is 19.2. The fraction of sp³-hybridized carbons (Fsp3) is 0.429. The summed E-state index contributed by atoms with van der Waals surface area (Å²) in [4.78, 5) is 4.71. The Labute approximate surface area is 186 Å². The van der Waals surface area contributed by atoms with Crippen LogP contribution in [0.25, 0.3) is 5.65 Å². The molecule has 0 radical (unpaired) electrons. The molecule has 0 atom stereocenters. The molecule has 3 N–H and O–H groups in total. The van der Waals surface area contributed by atoms with Gasteiger partial charge in [0.05, 0.1) is 15.6 Å². The van der Waals surface area contributed by atoms with Crippen LogP contribution in [-0.4, -0.2) is 35.3 Å². The van der Waals surface area contributed by atoms with Crippen molar-refractivity contribution in [2.75, 3.05) is 11.6 Å². The number of fused-ring (bicyclic) bond motifs is 1. The molecule has 0 saturated heterocycles. The molecule has 0 aliphatic heterocycles. The maximum absolute atomic E-state index is 11.5. The average Bonchev–Trinajstić information content (AvgIpc) is 3.05. The number of halogens is 1. The van der Waals surface area contributed by atoms with Crippen molar-refractivity contribution >= 4 is 42.9 Å². The number of nitrogens with two attached hydrogens (primary N) is 1. The van der Waals surface area contributed by atoms with E-state index in [2.05, 4.69) is 38.3 Å². The number of sulfone groups is 1. The number of hydrogen-bond donors (Lipinski definition) is 2. The standard InChI is InChI=1S/C14H13BrN4O2S.C7H15N/c1-9-7-13(19-14(17-9)12(15)8-16-19)18-10-3-5-11(6-4-10)22(2,20)21;1-6-2-4-7(8)5-3-6/h3-8,18H,1-2H3;6-7H,2-5,8H2,1H3. The molecule has 0 bridgehead atoms. The third-order valence-electron chi connectivity index (χ3n) is 5.17. The summed E-state index contributed by atoms with van der Waals surface area (Å²) in [6.07, 6.45) is 8.07. The Morgan fingerprint density at radius 3 is 2.37 bits per heavy atom. The van der Waals surface area contributed by atoms with E-state index in [0.29, 0.717) is 6.04 Å². The van der Waals surface area contributed by atoms with Gasteiger partial charge in [-0.25, -0.2) is 13.4 Å². The average molecular weight is 494 g/mol. The van der Waals surface area contributed by atoms with Crippen LogP contribution in [0.2, 0.25) is 0 Å². The van der Waals surface area contributed by atoms with Crippen molar-refractivity contribution in [3.63, 3.8) is 0 Å². The zero-order valence-corrected chi connectivity index (χ0v) is 19.9. The Morgan fingerprint density at radius 2 is 1.80 bits per heavy atom. The van der Waals surface area contributed by atoms with Gasteiger partial charge < -0.3 is 11.1 Å². The largest absolute Gasteiger partial charge is 0.340 e. The molecule has 0 unspecified atom stereocenters. The number of aromatic nitrogens is 3. The third kappa shape index (κ3) is 5.80. The van der Waals surface area contributed by atoms with Crippen molar-refractivity contribution in [2.45, 2.75) is 50.5 Å². The van der Waals surface area contributed by atoms with Gasteiger partial charge in [-0.05, 0) is 78.7 Å². The smallest absolute Gasteiger partial charge is 0.175 e. The Morgan fingerprint density at radius 1 is 1.17 bits per heavy atom. The summed E-state index contributed by atoms with van der Waals surface area (Å²) in [5.74, 6) is 1.69. The Bertz CT molecular complexity index is 1090. The predicted molar refractivity (Wildman–Crippen MR) is 124 cm³/mol. The number of rotatable bonds is 3. The van der Waals surface area contributed by atoms with Crippen molar-refractivity contribution in [3.8, 4) is 0 Å². The Kier molecular flexibility index (Phi) is 7.15. The van der Waals surface area contributed by atoms with E-state index in [4.69, 9.17) is 5.73 Å². The van der Waals surface area contributed by atoms with E-state index in [9.17, 15) is 8.42 Å². The monoisotopic (exact) mass is 493 g/mol. The second kappa shape index (κ2) is 9.45. The molecule has 3 aromatic rings. The molecule has 1 saturated carbocycles. The molecule has 7 nitrogen and oxygen atoms in total. The fourth-order valence-electron chi connectivity index (χ4n) is 3.37. The van der Waals surface area contributed by atoms with Gasteiger partial charge in [0, 0.05) is 29.7 Å². The summed E-state index contributed by atoms with van der Waals surface area (Å²) in [5.41, 5.74) is 8.04. The van der Waals surface area contributed by atoms with Crippen LogP contribution < -0.4 is 11.1 Å². The number of benzene rings is 1. The van der Waals surface area contributed by atoms with Crippen LogP contribution in [0.5, 0.6) is 0 Å². The molecule has 1 fully saturated rings. The number of hydrogen-bond acceptors (Lipinski definition) is 6. The minimum absolute atomic E-state index is 0.288. The first-order valence-corrected chi connectivity index (χ1v) is 12.7. The second-order valence-corrected chi connectivity index (χ2v) is 10.8. The first kappa shape index (κ1) is 22.7. The van der Waals surface area contributed by atoms with Crippen LogP contribution >= 0.6 is 15.9 Å². The van der Waals surface area contributed by atoms with Gasteiger partial charge >= 0.3 is 0 Å². The van der Waals surface area contributed by atoms with Crippen LogP contribution in [0.3, 0.4) is 0 Å². The van der Waals surface area contributed by atoms with Crippen LogP contribution in [0.1, 0.15) is 38.3 Å². The molecule has 0 spiro atoms. The second-order valence-electron chi connectivity index (χ2n) is 7.95.